The number of rotatable bonds is 8. The second kappa shape index (κ2) is 9.59. The molecule has 0 atom stereocenters. The molecule has 0 aliphatic carbocycles. The number of nitrogens with zero attached hydrogens (tertiary/aromatic N) is 1. The Morgan fingerprint density at radius 2 is 1.77 bits per heavy atom. The average Bonchev–Trinajstić information content (AvgIpc) is 2.75. The lowest BCUT2D eigenvalue weighted by atomic mass is 10.1. The Bertz CT molecular complexity index is 1180. The molecule has 3 rings (SSSR count). The van der Waals surface area contributed by atoms with E-state index in [1.54, 1.807) is 30.5 Å². The van der Waals surface area contributed by atoms with Crippen LogP contribution < -0.4 is 20.5 Å². The Morgan fingerprint density at radius 1 is 1.06 bits per heavy atom. The summed E-state index contributed by atoms with van der Waals surface area (Å²) in [4.78, 5) is 17.1. The van der Waals surface area contributed by atoms with Gasteiger partial charge in [0.25, 0.3) is 5.91 Å². The van der Waals surface area contributed by atoms with Crippen molar-refractivity contribution in [1.82, 2.24) is 4.98 Å². The normalized spacial score (nSPS) is 11.1. The molecule has 4 N–H and O–H groups in total. The molecule has 0 saturated carbocycles. The van der Waals surface area contributed by atoms with Crippen molar-refractivity contribution in [3.63, 3.8) is 0 Å². The van der Waals surface area contributed by atoms with Crippen molar-refractivity contribution >= 4 is 33.1 Å². The number of ether oxygens (including phenoxy) is 1. The number of hydrogen-bond donors (Lipinski definition) is 3. The first-order valence-electron chi connectivity index (χ1n) is 9.73. The Morgan fingerprint density at radius 3 is 2.42 bits per heavy atom. The molecule has 0 bridgehead atoms. The number of nitrogens with one attached hydrogen (secondary N) is 2. The first-order valence-corrected chi connectivity index (χ1v) is 11.3. The number of nitrogens with two attached hydrogens (primary N) is 1. The van der Waals surface area contributed by atoms with Gasteiger partial charge in [-0.25, -0.2) is 18.5 Å². The zero-order chi connectivity index (χ0) is 22.4. The van der Waals surface area contributed by atoms with Crippen LogP contribution in [0.2, 0.25) is 0 Å². The van der Waals surface area contributed by atoms with Crippen molar-refractivity contribution in [2.24, 2.45) is 5.14 Å². The summed E-state index contributed by atoms with van der Waals surface area (Å²) in [5.74, 6) is 0.667. The molecule has 8 nitrogen and oxygen atoms in total. The number of sulfonamides is 1. The highest BCUT2D eigenvalue weighted by atomic mass is 32.2. The van der Waals surface area contributed by atoms with Crippen LogP contribution in [0.25, 0.3) is 0 Å². The largest absolute Gasteiger partial charge is 0.494 e. The van der Waals surface area contributed by atoms with E-state index in [1.807, 2.05) is 38.1 Å². The zero-order valence-electron chi connectivity index (χ0n) is 17.3. The van der Waals surface area contributed by atoms with Crippen molar-refractivity contribution < 1.29 is 17.9 Å². The number of primary sulfonamides is 1. The van der Waals surface area contributed by atoms with Gasteiger partial charge in [0.05, 0.1) is 17.1 Å². The Labute approximate surface area is 181 Å². The molecule has 1 amide bonds. The van der Waals surface area contributed by atoms with Crippen LogP contribution in [-0.2, 0) is 16.4 Å². The lowest BCUT2D eigenvalue weighted by Crippen LogP contribution is -2.17. The van der Waals surface area contributed by atoms with E-state index in [2.05, 4.69) is 15.6 Å². The third-order valence-corrected chi connectivity index (χ3v) is 5.49. The molecular weight excluding hydrogens is 416 g/mol. The third kappa shape index (κ3) is 5.59. The van der Waals surface area contributed by atoms with Gasteiger partial charge in [-0.1, -0.05) is 13.0 Å². The van der Waals surface area contributed by atoms with Crippen LogP contribution in [0.1, 0.15) is 29.8 Å². The van der Waals surface area contributed by atoms with Crippen LogP contribution >= 0.6 is 0 Å². The van der Waals surface area contributed by atoms with Gasteiger partial charge in [0.1, 0.15) is 11.6 Å². The summed E-state index contributed by atoms with van der Waals surface area (Å²) in [5.41, 5.74) is 1.94. The van der Waals surface area contributed by atoms with Gasteiger partial charge < -0.3 is 15.4 Å². The van der Waals surface area contributed by atoms with E-state index in [1.165, 1.54) is 6.07 Å². The van der Waals surface area contributed by atoms with Gasteiger partial charge in [-0.3, -0.25) is 4.79 Å². The standard InChI is InChI=1S/C22H24N4O4S/c1-3-15-7-8-17(14-20(15)31(23,28)29)26-22(27)19-6-5-13-24-21(19)25-16-9-11-18(12-10-16)30-4-2/h5-14H,3-4H2,1-2H3,(H,24,25)(H,26,27)(H2,23,28,29). The topological polar surface area (TPSA) is 123 Å². The minimum atomic E-state index is -3.91. The second-order valence-corrected chi connectivity index (χ2v) is 8.19. The molecule has 9 heteroatoms. The Balaban J connectivity index is 1.83. The molecule has 0 fully saturated rings. The average molecular weight is 441 g/mol. The van der Waals surface area contributed by atoms with Crippen molar-refractivity contribution in [2.75, 3.05) is 17.2 Å². The van der Waals surface area contributed by atoms with Gasteiger partial charge in [-0.05, 0) is 67.4 Å². The molecule has 0 spiro atoms. The number of pyridine rings is 1. The lowest BCUT2D eigenvalue weighted by molar-refractivity contribution is 0.102. The third-order valence-electron chi connectivity index (χ3n) is 4.49. The van der Waals surface area contributed by atoms with E-state index < -0.39 is 15.9 Å². The summed E-state index contributed by atoms with van der Waals surface area (Å²) >= 11 is 0. The fourth-order valence-corrected chi connectivity index (χ4v) is 3.88. The first-order chi connectivity index (χ1) is 14.8. The number of carbonyl (C=O) groups is 1. The minimum absolute atomic E-state index is 0.00766. The molecule has 31 heavy (non-hydrogen) atoms. The number of aromatic nitrogens is 1. The molecule has 0 aliphatic rings. The van der Waals surface area contributed by atoms with Crippen molar-refractivity contribution in [3.05, 3.63) is 71.9 Å². The minimum Gasteiger partial charge on any atom is -0.494 e. The Hall–Kier alpha value is -3.43. The fraction of sp³-hybridized carbons (Fsp3) is 0.182. The van der Waals surface area contributed by atoms with Gasteiger partial charge in [-0.2, -0.15) is 0 Å². The van der Waals surface area contributed by atoms with Crippen LogP contribution in [0.4, 0.5) is 17.2 Å². The summed E-state index contributed by atoms with van der Waals surface area (Å²) in [6.45, 7) is 4.31. The number of hydrogen-bond acceptors (Lipinski definition) is 6. The number of benzene rings is 2. The molecule has 0 unspecified atom stereocenters. The van der Waals surface area contributed by atoms with E-state index in [0.29, 0.717) is 35.7 Å². The molecule has 0 aliphatic heterocycles. The van der Waals surface area contributed by atoms with Crippen molar-refractivity contribution in [2.45, 2.75) is 25.2 Å². The first kappa shape index (κ1) is 22.3. The maximum atomic E-state index is 12.9. The molecule has 2 aromatic carbocycles. The van der Waals surface area contributed by atoms with Crippen molar-refractivity contribution in [1.29, 1.82) is 0 Å². The van der Waals surface area contributed by atoms with E-state index in [-0.39, 0.29) is 4.90 Å². The highest BCUT2D eigenvalue weighted by Crippen LogP contribution is 2.24. The molecular formula is C22H24N4O4S. The highest BCUT2D eigenvalue weighted by Gasteiger charge is 2.17. The van der Waals surface area contributed by atoms with Gasteiger partial charge in [0.2, 0.25) is 10.0 Å². The van der Waals surface area contributed by atoms with Gasteiger partial charge in [0, 0.05) is 17.6 Å². The van der Waals surface area contributed by atoms with Crippen molar-refractivity contribution in [3.8, 4) is 5.75 Å². The zero-order valence-corrected chi connectivity index (χ0v) is 18.1. The predicted molar refractivity (Wildman–Crippen MR) is 120 cm³/mol. The van der Waals surface area contributed by atoms with E-state index in [4.69, 9.17) is 9.88 Å². The molecule has 3 aromatic rings. The number of aryl methyl sites for hydroxylation is 1. The number of amides is 1. The number of carbonyl (C=O) groups excluding carboxylic acids is 1. The van der Waals surface area contributed by atoms with Crippen LogP contribution in [0.3, 0.4) is 0 Å². The van der Waals surface area contributed by atoms with Crippen LogP contribution in [-0.4, -0.2) is 25.9 Å². The highest BCUT2D eigenvalue weighted by molar-refractivity contribution is 7.89. The fourth-order valence-electron chi connectivity index (χ4n) is 3.01. The summed E-state index contributed by atoms with van der Waals surface area (Å²) in [7, 11) is -3.91. The smallest absolute Gasteiger partial charge is 0.259 e. The molecule has 1 aromatic heterocycles. The monoisotopic (exact) mass is 440 g/mol. The van der Waals surface area contributed by atoms with Gasteiger partial charge in [-0.15, -0.1) is 0 Å². The summed E-state index contributed by atoms with van der Waals surface area (Å²) in [6, 6.07) is 15.2. The molecule has 1 heterocycles. The van der Waals surface area contributed by atoms with E-state index >= 15 is 0 Å². The predicted octanol–water partition coefficient (Wildman–Crippen LogP) is 3.69. The second-order valence-electron chi connectivity index (χ2n) is 6.66. The maximum absolute atomic E-state index is 12.9. The molecule has 0 saturated heterocycles. The number of anilines is 3. The van der Waals surface area contributed by atoms with E-state index in [0.717, 1.165) is 11.4 Å². The van der Waals surface area contributed by atoms with Gasteiger partial charge >= 0.3 is 0 Å². The summed E-state index contributed by atoms with van der Waals surface area (Å²) in [6.07, 6.45) is 2.07. The molecule has 0 radical (unpaired) electrons. The summed E-state index contributed by atoms with van der Waals surface area (Å²) in [5, 5.41) is 11.1. The van der Waals surface area contributed by atoms with Crippen LogP contribution in [0.5, 0.6) is 5.75 Å². The van der Waals surface area contributed by atoms with Crippen LogP contribution in [0.15, 0.2) is 65.7 Å². The lowest BCUT2D eigenvalue weighted by Gasteiger charge is -2.13. The maximum Gasteiger partial charge on any atom is 0.259 e. The molecule has 162 valence electrons. The SMILES string of the molecule is CCOc1ccc(Nc2ncccc2C(=O)Nc2ccc(CC)c(S(N)(=O)=O)c2)cc1. The van der Waals surface area contributed by atoms with Crippen LogP contribution in [0, 0.1) is 0 Å². The van der Waals surface area contributed by atoms with E-state index in [9.17, 15) is 13.2 Å². The van der Waals surface area contributed by atoms with Gasteiger partial charge in [0.15, 0.2) is 0 Å². The quantitative estimate of drug-likeness (QED) is 0.491. The Kier molecular flexibility index (Phi) is 6.88. The summed E-state index contributed by atoms with van der Waals surface area (Å²) < 4.78 is 29.2.